The molecule has 0 fully saturated rings. The molecule has 10 rings (SSSR count). The molecule has 0 aliphatic rings. The van der Waals surface area contributed by atoms with Crippen LogP contribution >= 0.6 is 0 Å². The SMILES string of the molecule is c1ccc(COc2cc(OCCCCCOc3cc(OCCCCCOc4cc(OCc5ccccc5)cc(OCc5ccccc5)c4)cc(OCCCCCOc4cc(OCc5ccccc5)cc(OCc5ccccc5)c4)c3)cc(OCc3ccccc3)c2)cc1. The molecule has 0 aromatic heterocycles. The van der Waals surface area contributed by atoms with Crippen LogP contribution in [0.15, 0.2) is 255 Å². The van der Waals surface area contributed by atoms with Crippen molar-refractivity contribution in [3.05, 3.63) is 288 Å². The first-order valence-corrected chi connectivity index (χ1v) is 32.4. The second-order valence-electron chi connectivity index (χ2n) is 22.5. The first-order chi connectivity index (χ1) is 46.0. The Hall–Kier alpha value is -10.2. The molecule has 10 aromatic carbocycles. The molecule has 0 saturated heterocycles. The van der Waals surface area contributed by atoms with Gasteiger partial charge in [0.15, 0.2) is 0 Å². The van der Waals surface area contributed by atoms with Gasteiger partial charge < -0.3 is 56.8 Å². The van der Waals surface area contributed by atoms with Crippen molar-refractivity contribution in [2.45, 2.75) is 97.4 Å². The van der Waals surface area contributed by atoms with E-state index in [0.717, 1.165) is 91.2 Å². The molecular weight excluding hydrogens is 1160 g/mol. The lowest BCUT2D eigenvalue weighted by molar-refractivity contribution is 0.259. The van der Waals surface area contributed by atoms with Crippen LogP contribution in [0.2, 0.25) is 0 Å². The van der Waals surface area contributed by atoms with Crippen LogP contribution in [0.4, 0.5) is 0 Å². The number of unbranched alkanes of at least 4 members (excludes halogenated alkanes) is 6. The summed E-state index contributed by atoms with van der Waals surface area (Å²) in [6.07, 6.45) is 7.73. The Labute approximate surface area is 548 Å². The highest BCUT2D eigenvalue weighted by atomic mass is 16.5. The molecular formula is C81H84O12. The lowest BCUT2D eigenvalue weighted by atomic mass is 10.2. The quantitative estimate of drug-likeness (QED) is 0.0340. The molecule has 0 radical (unpaired) electrons. The fourth-order valence-electron chi connectivity index (χ4n) is 9.91. The van der Waals surface area contributed by atoms with Gasteiger partial charge in [-0.25, -0.2) is 0 Å². The summed E-state index contributed by atoms with van der Waals surface area (Å²) >= 11 is 0. The molecule has 0 spiro atoms. The van der Waals surface area contributed by atoms with Crippen LogP contribution < -0.4 is 56.8 Å². The van der Waals surface area contributed by atoms with E-state index in [0.29, 0.717) is 148 Å². The summed E-state index contributed by atoms with van der Waals surface area (Å²) < 4.78 is 75.4. The number of rotatable bonds is 42. The van der Waals surface area contributed by atoms with E-state index in [4.69, 9.17) is 56.8 Å². The third-order valence-corrected chi connectivity index (χ3v) is 14.9. The maximum atomic E-state index is 6.40. The maximum absolute atomic E-state index is 6.40. The topological polar surface area (TPSA) is 111 Å². The van der Waals surface area contributed by atoms with E-state index in [-0.39, 0.29) is 0 Å². The zero-order chi connectivity index (χ0) is 63.4. The molecule has 0 heterocycles. The molecule has 0 unspecified atom stereocenters. The second kappa shape index (κ2) is 37.8. The monoisotopic (exact) mass is 1250 g/mol. The van der Waals surface area contributed by atoms with Crippen LogP contribution in [-0.2, 0) is 39.6 Å². The van der Waals surface area contributed by atoms with Crippen LogP contribution in [0, 0.1) is 0 Å². The lowest BCUT2D eigenvalue weighted by Crippen LogP contribution is -2.04. The Morgan fingerprint density at radius 1 is 0.140 bits per heavy atom. The van der Waals surface area contributed by atoms with E-state index < -0.39 is 0 Å². The number of ether oxygens (including phenoxy) is 12. The Balaban J connectivity index is 0.699. The first kappa shape index (κ1) is 65.7. The van der Waals surface area contributed by atoms with Crippen molar-refractivity contribution in [2.24, 2.45) is 0 Å². The Kier molecular flexibility index (Phi) is 26.7. The van der Waals surface area contributed by atoms with E-state index in [2.05, 4.69) is 0 Å². The van der Waals surface area contributed by atoms with Crippen LogP contribution in [0.3, 0.4) is 0 Å². The van der Waals surface area contributed by atoms with E-state index in [1.807, 2.05) is 255 Å². The number of hydrogen-bond acceptors (Lipinski definition) is 12. The molecule has 10 aromatic rings. The highest BCUT2D eigenvalue weighted by Gasteiger charge is 2.12. The maximum Gasteiger partial charge on any atom is 0.127 e. The summed E-state index contributed by atoms with van der Waals surface area (Å²) in [6, 6.07) is 83.8. The van der Waals surface area contributed by atoms with Crippen LogP contribution in [0.5, 0.6) is 69.0 Å². The van der Waals surface area contributed by atoms with Crippen molar-refractivity contribution in [1.29, 1.82) is 0 Å². The highest BCUT2D eigenvalue weighted by molar-refractivity contribution is 5.45. The predicted octanol–water partition coefficient (Wildman–Crippen LogP) is 19.0. The fraction of sp³-hybridized carbons (Fsp3) is 0.259. The minimum absolute atomic E-state index is 0.438. The van der Waals surface area contributed by atoms with Gasteiger partial charge in [0.2, 0.25) is 0 Å². The molecule has 0 saturated carbocycles. The summed E-state index contributed by atoms with van der Waals surface area (Å²) in [6.45, 7) is 5.79. The molecule has 12 heteroatoms. The third-order valence-electron chi connectivity index (χ3n) is 14.9. The van der Waals surface area contributed by atoms with Crippen LogP contribution in [0.25, 0.3) is 0 Å². The molecule has 0 N–H and O–H groups in total. The van der Waals surface area contributed by atoms with Gasteiger partial charge >= 0.3 is 0 Å². The van der Waals surface area contributed by atoms with Gasteiger partial charge in [-0.3, -0.25) is 0 Å². The van der Waals surface area contributed by atoms with Crippen molar-refractivity contribution in [1.82, 2.24) is 0 Å². The van der Waals surface area contributed by atoms with Crippen molar-refractivity contribution in [3.63, 3.8) is 0 Å². The Morgan fingerprint density at radius 3 is 0.409 bits per heavy atom. The molecule has 0 bridgehead atoms. The minimum atomic E-state index is 0.438. The van der Waals surface area contributed by atoms with E-state index in [1.54, 1.807) is 0 Å². The Morgan fingerprint density at radius 2 is 0.269 bits per heavy atom. The summed E-state index contributed by atoms with van der Waals surface area (Å²) in [4.78, 5) is 0. The minimum Gasteiger partial charge on any atom is -0.493 e. The summed E-state index contributed by atoms with van der Waals surface area (Å²) in [7, 11) is 0. The van der Waals surface area contributed by atoms with Crippen molar-refractivity contribution >= 4 is 0 Å². The fourth-order valence-corrected chi connectivity index (χ4v) is 9.91. The number of hydrogen-bond donors (Lipinski definition) is 0. The van der Waals surface area contributed by atoms with Gasteiger partial charge in [0, 0.05) is 72.8 Å². The molecule has 93 heavy (non-hydrogen) atoms. The van der Waals surface area contributed by atoms with Gasteiger partial charge in [-0.15, -0.1) is 0 Å². The number of benzene rings is 10. The van der Waals surface area contributed by atoms with Gasteiger partial charge in [0.05, 0.1) is 39.6 Å². The smallest absolute Gasteiger partial charge is 0.127 e. The van der Waals surface area contributed by atoms with Crippen molar-refractivity contribution < 1.29 is 56.8 Å². The summed E-state index contributed by atoms with van der Waals surface area (Å²) in [5.41, 5.74) is 6.49. The second-order valence-corrected chi connectivity index (χ2v) is 22.5. The van der Waals surface area contributed by atoms with Gasteiger partial charge in [-0.1, -0.05) is 182 Å². The van der Waals surface area contributed by atoms with Gasteiger partial charge in [0.25, 0.3) is 0 Å². The normalized spacial score (nSPS) is 10.8. The van der Waals surface area contributed by atoms with Gasteiger partial charge in [-0.05, 0) is 91.2 Å². The zero-order valence-electron chi connectivity index (χ0n) is 53.0. The Bertz CT molecular complexity index is 3100. The molecule has 0 aliphatic carbocycles. The summed E-state index contributed by atoms with van der Waals surface area (Å²) in [5.74, 6) is 8.29. The third kappa shape index (κ3) is 24.5. The average molecular weight is 1250 g/mol. The molecule has 0 aliphatic heterocycles. The highest BCUT2D eigenvalue weighted by Crippen LogP contribution is 2.34. The molecule has 12 nitrogen and oxygen atoms in total. The molecule has 480 valence electrons. The molecule has 0 atom stereocenters. The van der Waals surface area contributed by atoms with Crippen LogP contribution in [-0.4, -0.2) is 39.6 Å². The lowest BCUT2D eigenvalue weighted by Gasteiger charge is -2.15. The predicted molar refractivity (Wildman–Crippen MR) is 365 cm³/mol. The van der Waals surface area contributed by atoms with E-state index >= 15 is 0 Å². The van der Waals surface area contributed by atoms with Crippen molar-refractivity contribution in [3.8, 4) is 69.0 Å². The summed E-state index contributed by atoms with van der Waals surface area (Å²) in [5, 5.41) is 0. The average Bonchev–Trinajstić information content (AvgIpc) is 2.49. The molecule has 0 amide bonds. The van der Waals surface area contributed by atoms with Crippen molar-refractivity contribution in [2.75, 3.05) is 39.6 Å². The largest absolute Gasteiger partial charge is 0.493 e. The van der Waals surface area contributed by atoms with E-state index in [1.165, 1.54) is 0 Å². The van der Waals surface area contributed by atoms with Gasteiger partial charge in [-0.2, -0.15) is 0 Å². The van der Waals surface area contributed by atoms with Gasteiger partial charge in [0.1, 0.15) is 109 Å². The zero-order valence-corrected chi connectivity index (χ0v) is 53.0. The van der Waals surface area contributed by atoms with Crippen LogP contribution in [0.1, 0.15) is 91.2 Å². The van der Waals surface area contributed by atoms with E-state index in [9.17, 15) is 0 Å². The standard InChI is InChI=1S/C81H84O12/c1-10-28-64(29-11-1)58-88-76-49-73(50-77(55-76)89-59-65-30-12-2-13-31-65)85-43-25-7-22-40-82-70-46-71(83-41-23-8-26-44-86-74-51-78(90-60-66-32-14-3-15-33-66)56-79(52-74)91-61-67-34-16-4-17-35-67)48-72(47-70)84-42-24-9-27-45-87-75-53-80(92-62-68-36-18-5-19-37-68)57-81(54-75)93-63-69-38-20-6-21-39-69/h1-6,10-21,28-39,46-57H,7-9,22-27,40-45,58-63H2. The first-order valence-electron chi connectivity index (χ1n) is 32.4.